The molecular weight excluding hydrogens is 324 g/mol. The first-order valence-corrected chi connectivity index (χ1v) is 7.70. The molecule has 128 valence electrons. The number of ether oxygens (including phenoxy) is 1. The fourth-order valence-electron chi connectivity index (χ4n) is 2.71. The second-order valence-electron chi connectivity index (χ2n) is 5.72. The lowest BCUT2D eigenvalue weighted by Crippen LogP contribution is -2.33. The van der Waals surface area contributed by atoms with E-state index in [9.17, 15) is 19.2 Å². The summed E-state index contributed by atoms with van der Waals surface area (Å²) in [6, 6.07) is 8.02. The topological polar surface area (TPSA) is 85.7 Å². The number of Topliss-reactive ketones (excluding diaryl/α,β-unsaturated/α-hetero) is 1. The number of rotatable bonds is 5. The van der Waals surface area contributed by atoms with Gasteiger partial charge in [0.2, 0.25) is 0 Å². The Morgan fingerprint density at radius 3 is 2.20 bits per heavy atom. The van der Waals surface area contributed by atoms with Crippen LogP contribution in [0.15, 0.2) is 36.5 Å². The number of esters is 1. The molecule has 0 aliphatic carbocycles. The molecule has 0 unspecified atom stereocenters. The van der Waals surface area contributed by atoms with Gasteiger partial charge < -0.3 is 9.30 Å². The van der Waals surface area contributed by atoms with Crippen LogP contribution >= 0.6 is 0 Å². The SMILES string of the molecule is CC(=O)c1cc(C(=O)OCCN2C(=O)c3ccccc3C2=O)n(C)c1. The van der Waals surface area contributed by atoms with Crippen LogP contribution in [0.3, 0.4) is 0 Å². The summed E-state index contributed by atoms with van der Waals surface area (Å²) in [4.78, 5) is 48.9. The van der Waals surface area contributed by atoms with Crippen LogP contribution in [0.25, 0.3) is 0 Å². The molecule has 1 aliphatic heterocycles. The molecule has 1 aromatic heterocycles. The lowest BCUT2D eigenvalue weighted by molar-refractivity contribution is 0.0412. The number of imide groups is 1. The summed E-state index contributed by atoms with van der Waals surface area (Å²) in [5.74, 6) is -1.56. The van der Waals surface area contributed by atoms with E-state index in [2.05, 4.69) is 0 Å². The van der Waals surface area contributed by atoms with E-state index in [1.165, 1.54) is 17.6 Å². The fraction of sp³-hybridized carbons (Fsp3) is 0.222. The number of fused-ring (bicyclic) bond motifs is 1. The van der Waals surface area contributed by atoms with Crippen molar-refractivity contribution in [3.8, 4) is 0 Å². The summed E-state index contributed by atoms with van der Waals surface area (Å²) in [7, 11) is 1.63. The molecule has 0 saturated carbocycles. The van der Waals surface area contributed by atoms with Crippen LogP contribution in [-0.2, 0) is 11.8 Å². The van der Waals surface area contributed by atoms with Crippen molar-refractivity contribution in [3.05, 3.63) is 58.9 Å². The largest absolute Gasteiger partial charge is 0.459 e. The first-order valence-electron chi connectivity index (χ1n) is 7.70. The molecule has 1 aliphatic rings. The number of ketones is 1. The first-order chi connectivity index (χ1) is 11.9. The molecule has 0 N–H and O–H groups in total. The predicted octanol–water partition coefficient (Wildman–Crippen LogP) is 1.68. The van der Waals surface area contributed by atoms with Crippen molar-refractivity contribution in [2.24, 2.45) is 7.05 Å². The average Bonchev–Trinajstić information content (AvgIpc) is 3.09. The van der Waals surface area contributed by atoms with Crippen molar-refractivity contribution >= 4 is 23.6 Å². The van der Waals surface area contributed by atoms with Crippen molar-refractivity contribution in [1.82, 2.24) is 9.47 Å². The molecule has 2 amide bonds. The second-order valence-corrected chi connectivity index (χ2v) is 5.72. The van der Waals surface area contributed by atoms with Crippen LogP contribution in [0.1, 0.15) is 48.5 Å². The minimum absolute atomic E-state index is 0.0257. The molecular formula is C18H16N2O5. The highest BCUT2D eigenvalue weighted by Crippen LogP contribution is 2.22. The maximum Gasteiger partial charge on any atom is 0.355 e. The standard InChI is InChI=1S/C18H16N2O5/c1-11(21)12-9-15(19(2)10-12)18(24)25-8-7-20-16(22)13-5-3-4-6-14(13)17(20)23/h3-6,9-10H,7-8H2,1-2H3. The van der Waals surface area contributed by atoms with Gasteiger partial charge in [-0.25, -0.2) is 4.79 Å². The van der Waals surface area contributed by atoms with Gasteiger partial charge in [0.05, 0.1) is 17.7 Å². The fourth-order valence-corrected chi connectivity index (χ4v) is 2.71. The zero-order chi connectivity index (χ0) is 18.1. The van der Waals surface area contributed by atoms with Gasteiger partial charge in [-0.3, -0.25) is 19.3 Å². The molecule has 0 spiro atoms. The van der Waals surface area contributed by atoms with Gasteiger partial charge in [-0.1, -0.05) is 12.1 Å². The number of hydrogen-bond acceptors (Lipinski definition) is 5. The Bertz CT molecular complexity index is 862. The number of nitrogens with zero attached hydrogens (tertiary/aromatic N) is 2. The van der Waals surface area contributed by atoms with Crippen LogP contribution in [0.4, 0.5) is 0 Å². The molecule has 0 fully saturated rings. The van der Waals surface area contributed by atoms with E-state index in [-0.39, 0.29) is 24.6 Å². The average molecular weight is 340 g/mol. The normalized spacial score (nSPS) is 13.1. The molecule has 0 radical (unpaired) electrons. The summed E-state index contributed by atoms with van der Waals surface area (Å²) in [5.41, 5.74) is 1.35. The summed E-state index contributed by atoms with van der Waals surface area (Å²) in [5, 5.41) is 0. The van der Waals surface area contributed by atoms with Crippen molar-refractivity contribution < 1.29 is 23.9 Å². The molecule has 2 heterocycles. The quantitative estimate of drug-likeness (QED) is 0.470. The highest BCUT2D eigenvalue weighted by Gasteiger charge is 2.34. The van der Waals surface area contributed by atoms with Gasteiger partial charge in [0, 0.05) is 18.8 Å². The Hall–Kier alpha value is -3.22. The van der Waals surface area contributed by atoms with Crippen LogP contribution in [0.2, 0.25) is 0 Å². The van der Waals surface area contributed by atoms with E-state index in [0.717, 1.165) is 4.90 Å². The Morgan fingerprint density at radius 2 is 1.68 bits per heavy atom. The van der Waals surface area contributed by atoms with Gasteiger partial charge in [0.25, 0.3) is 11.8 Å². The third-order valence-corrected chi connectivity index (χ3v) is 4.05. The molecule has 3 rings (SSSR count). The van der Waals surface area contributed by atoms with E-state index in [1.807, 2.05) is 0 Å². The Kier molecular flexibility index (Phi) is 4.22. The van der Waals surface area contributed by atoms with E-state index in [0.29, 0.717) is 16.7 Å². The zero-order valence-electron chi connectivity index (χ0n) is 13.8. The third kappa shape index (κ3) is 2.96. The van der Waals surface area contributed by atoms with Crippen molar-refractivity contribution in [3.63, 3.8) is 0 Å². The highest BCUT2D eigenvalue weighted by atomic mass is 16.5. The van der Waals surface area contributed by atoms with Crippen LogP contribution < -0.4 is 0 Å². The lowest BCUT2D eigenvalue weighted by Gasteiger charge is -2.13. The molecule has 7 nitrogen and oxygen atoms in total. The minimum atomic E-state index is -0.619. The molecule has 0 bridgehead atoms. The number of carbonyl (C=O) groups excluding carboxylic acids is 4. The van der Waals surface area contributed by atoms with Crippen LogP contribution in [0, 0.1) is 0 Å². The van der Waals surface area contributed by atoms with Gasteiger partial charge in [-0.15, -0.1) is 0 Å². The number of carbonyl (C=O) groups is 4. The monoisotopic (exact) mass is 340 g/mol. The molecule has 1 aromatic carbocycles. The van der Waals surface area contributed by atoms with E-state index in [1.54, 1.807) is 37.5 Å². The number of benzene rings is 1. The smallest absolute Gasteiger partial charge is 0.355 e. The minimum Gasteiger partial charge on any atom is -0.459 e. The van der Waals surface area contributed by atoms with E-state index >= 15 is 0 Å². The van der Waals surface area contributed by atoms with Gasteiger partial charge in [0.15, 0.2) is 5.78 Å². The number of aromatic nitrogens is 1. The molecule has 2 aromatic rings. The van der Waals surface area contributed by atoms with Gasteiger partial charge in [-0.05, 0) is 25.1 Å². The summed E-state index contributed by atoms with van der Waals surface area (Å²) < 4.78 is 6.64. The number of amides is 2. The van der Waals surface area contributed by atoms with E-state index in [4.69, 9.17) is 4.74 Å². The summed E-state index contributed by atoms with van der Waals surface area (Å²) in [6.45, 7) is 1.26. The highest BCUT2D eigenvalue weighted by molar-refractivity contribution is 6.21. The number of aryl methyl sites for hydroxylation is 1. The molecule has 25 heavy (non-hydrogen) atoms. The van der Waals surface area contributed by atoms with Crippen molar-refractivity contribution in [2.75, 3.05) is 13.2 Å². The first kappa shape index (κ1) is 16.6. The Balaban J connectivity index is 1.62. The Morgan fingerprint density at radius 1 is 1.08 bits per heavy atom. The Labute approximate surface area is 143 Å². The zero-order valence-corrected chi connectivity index (χ0v) is 13.8. The van der Waals surface area contributed by atoms with E-state index < -0.39 is 17.8 Å². The molecule has 7 heteroatoms. The summed E-state index contributed by atoms with van der Waals surface area (Å²) in [6.07, 6.45) is 1.54. The van der Waals surface area contributed by atoms with Gasteiger partial charge >= 0.3 is 5.97 Å². The second kappa shape index (κ2) is 6.35. The molecule has 0 saturated heterocycles. The van der Waals surface area contributed by atoms with Crippen molar-refractivity contribution in [2.45, 2.75) is 6.92 Å². The lowest BCUT2D eigenvalue weighted by atomic mass is 10.1. The summed E-state index contributed by atoms with van der Waals surface area (Å²) >= 11 is 0. The van der Waals surface area contributed by atoms with Gasteiger partial charge in [-0.2, -0.15) is 0 Å². The van der Waals surface area contributed by atoms with Crippen LogP contribution in [0.5, 0.6) is 0 Å². The predicted molar refractivity (Wildman–Crippen MR) is 87.5 cm³/mol. The number of hydrogen-bond donors (Lipinski definition) is 0. The van der Waals surface area contributed by atoms with Gasteiger partial charge in [0.1, 0.15) is 12.3 Å². The van der Waals surface area contributed by atoms with Crippen molar-refractivity contribution in [1.29, 1.82) is 0 Å². The maximum atomic E-state index is 12.2. The molecule has 0 atom stereocenters. The maximum absolute atomic E-state index is 12.2. The van der Waals surface area contributed by atoms with Crippen LogP contribution in [-0.4, -0.2) is 46.2 Å². The third-order valence-electron chi connectivity index (χ3n) is 4.05.